The van der Waals surface area contributed by atoms with E-state index in [0.29, 0.717) is 19.8 Å². The second kappa shape index (κ2) is 7.92. The number of hydrogen-bond donors (Lipinski definition) is 0. The zero-order valence-corrected chi connectivity index (χ0v) is 15.1. The Labute approximate surface area is 146 Å². The van der Waals surface area contributed by atoms with Crippen molar-refractivity contribution in [2.24, 2.45) is 0 Å². The van der Waals surface area contributed by atoms with Crippen LogP contribution < -0.4 is 0 Å². The maximum Gasteiger partial charge on any atom is 0.255 e. The van der Waals surface area contributed by atoms with Crippen LogP contribution in [0.15, 0.2) is 23.2 Å². The minimum absolute atomic E-state index is 0.102. The predicted molar refractivity (Wildman–Crippen MR) is 94.1 cm³/mol. The average Bonchev–Trinajstić information content (AvgIpc) is 3.17. The Kier molecular flexibility index (Phi) is 5.65. The van der Waals surface area contributed by atoms with Gasteiger partial charge in [-0.2, -0.15) is 11.3 Å². The quantitative estimate of drug-likeness (QED) is 0.750. The van der Waals surface area contributed by atoms with Gasteiger partial charge in [0.2, 0.25) is 0 Å². The zero-order chi connectivity index (χ0) is 16.9. The van der Waals surface area contributed by atoms with E-state index in [1.807, 2.05) is 42.1 Å². The number of hydrogen-bond acceptors (Lipinski definition) is 5. The predicted octanol–water partition coefficient (Wildman–Crippen LogP) is 2.07. The summed E-state index contributed by atoms with van der Waals surface area (Å²) in [5.41, 5.74) is 2.82. The summed E-state index contributed by atoms with van der Waals surface area (Å²) in [4.78, 5) is 21.2. The molecule has 6 nitrogen and oxygen atoms in total. The minimum Gasteiger partial charge on any atom is -0.374 e. The highest BCUT2D eigenvalue weighted by molar-refractivity contribution is 7.08. The lowest BCUT2D eigenvalue weighted by Gasteiger charge is -2.20. The van der Waals surface area contributed by atoms with Gasteiger partial charge in [-0.15, -0.1) is 0 Å². The second-order valence-corrected chi connectivity index (χ2v) is 7.06. The number of ether oxygens (including phenoxy) is 1. The number of carbonyl (C=O) groups is 1. The van der Waals surface area contributed by atoms with E-state index >= 15 is 0 Å². The lowest BCUT2D eigenvalue weighted by Crippen LogP contribution is -2.30. The van der Waals surface area contributed by atoms with Gasteiger partial charge in [0.05, 0.1) is 43.0 Å². The van der Waals surface area contributed by atoms with Crippen molar-refractivity contribution in [2.45, 2.75) is 26.1 Å². The van der Waals surface area contributed by atoms with Crippen LogP contribution in [0.1, 0.15) is 28.2 Å². The van der Waals surface area contributed by atoms with E-state index in [2.05, 4.69) is 14.5 Å². The van der Waals surface area contributed by atoms with Crippen LogP contribution in [-0.4, -0.2) is 59.0 Å². The van der Waals surface area contributed by atoms with Gasteiger partial charge in [0, 0.05) is 25.0 Å². The molecule has 0 aliphatic carbocycles. The third-order valence-corrected chi connectivity index (χ3v) is 4.86. The fraction of sp³-hybridized carbons (Fsp3) is 0.529. The van der Waals surface area contributed by atoms with Crippen LogP contribution in [-0.2, 0) is 24.4 Å². The molecule has 130 valence electrons. The normalized spacial score (nSPS) is 14.7. The summed E-state index contributed by atoms with van der Waals surface area (Å²) in [6, 6.07) is 1.89. The lowest BCUT2D eigenvalue weighted by molar-refractivity contribution is 0.0741. The molecule has 0 saturated heterocycles. The molecule has 3 heterocycles. The van der Waals surface area contributed by atoms with Crippen LogP contribution in [0.2, 0.25) is 0 Å². The number of imidazole rings is 1. The number of aryl methyl sites for hydroxylation is 1. The molecular weight excluding hydrogens is 324 g/mol. The number of amides is 1. The minimum atomic E-state index is 0.102. The third-order valence-electron chi connectivity index (χ3n) is 4.18. The summed E-state index contributed by atoms with van der Waals surface area (Å²) in [6.07, 6.45) is 2.82. The number of fused-ring (bicyclic) bond motifs is 1. The Balaban J connectivity index is 1.67. The van der Waals surface area contributed by atoms with E-state index in [0.717, 1.165) is 43.0 Å². The first-order valence-electron chi connectivity index (χ1n) is 8.22. The van der Waals surface area contributed by atoms with Gasteiger partial charge in [0.15, 0.2) is 0 Å². The van der Waals surface area contributed by atoms with Crippen molar-refractivity contribution in [1.82, 2.24) is 19.4 Å². The highest BCUT2D eigenvalue weighted by atomic mass is 32.1. The lowest BCUT2D eigenvalue weighted by atomic mass is 10.2. The summed E-state index contributed by atoms with van der Waals surface area (Å²) < 4.78 is 7.90. The molecule has 0 saturated carbocycles. The molecule has 0 bridgehead atoms. The molecule has 1 amide bonds. The fourth-order valence-electron chi connectivity index (χ4n) is 2.79. The van der Waals surface area contributed by atoms with E-state index in [1.165, 1.54) is 0 Å². The Morgan fingerprint density at radius 2 is 2.29 bits per heavy atom. The highest BCUT2D eigenvalue weighted by Gasteiger charge is 2.23. The Morgan fingerprint density at radius 1 is 1.42 bits per heavy atom. The molecule has 3 rings (SSSR count). The molecule has 24 heavy (non-hydrogen) atoms. The number of aromatic nitrogens is 2. The Bertz CT molecular complexity index is 666. The van der Waals surface area contributed by atoms with Crippen LogP contribution in [0.25, 0.3) is 0 Å². The largest absolute Gasteiger partial charge is 0.374 e. The molecule has 0 atom stereocenters. The van der Waals surface area contributed by atoms with Crippen molar-refractivity contribution >= 4 is 17.2 Å². The molecule has 2 aromatic heterocycles. The van der Waals surface area contributed by atoms with Crippen molar-refractivity contribution in [3.63, 3.8) is 0 Å². The van der Waals surface area contributed by atoms with E-state index in [1.54, 1.807) is 11.3 Å². The summed E-state index contributed by atoms with van der Waals surface area (Å²) in [6.45, 7) is 4.33. The van der Waals surface area contributed by atoms with Gasteiger partial charge in [-0.1, -0.05) is 0 Å². The van der Waals surface area contributed by atoms with E-state index in [9.17, 15) is 4.79 Å². The SMILES string of the molecule is CN(C)CCOCc1ncn2c1CN(C(=O)c1ccsc1)CCC2. The van der Waals surface area contributed by atoms with Crippen LogP contribution in [0.5, 0.6) is 0 Å². The molecule has 7 heteroatoms. The molecule has 0 spiro atoms. The number of rotatable bonds is 6. The molecule has 0 fully saturated rings. The molecule has 0 aromatic carbocycles. The topological polar surface area (TPSA) is 50.6 Å². The van der Waals surface area contributed by atoms with E-state index in [-0.39, 0.29) is 5.91 Å². The Morgan fingerprint density at radius 3 is 3.04 bits per heavy atom. The number of likely N-dealkylation sites (N-methyl/N-ethyl adjacent to an activating group) is 1. The second-order valence-electron chi connectivity index (χ2n) is 6.28. The zero-order valence-electron chi connectivity index (χ0n) is 14.3. The molecule has 0 radical (unpaired) electrons. The third kappa shape index (κ3) is 4.03. The summed E-state index contributed by atoms with van der Waals surface area (Å²) in [5.74, 6) is 0.102. The van der Waals surface area contributed by atoms with Gasteiger partial charge in [0.1, 0.15) is 0 Å². The van der Waals surface area contributed by atoms with E-state index in [4.69, 9.17) is 4.74 Å². The van der Waals surface area contributed by atoms with E-state index < -0.39 is 0 Å². The number of nitrogens with zero attached hydrogens (tertiary/aromatic N) is 4. The highest BCUT2D eigenvalue weighted by Crippen LogP contribution is 2.19. The van der Waals surface area contributed by atoms with Gasteiger partial charge < -0.3 is 19.1 Å². The molecule has 1 aliphatic heterocycles. The molecular formula is C17H24N4O2S. The van der Waals surface area contributed by atoms with Crippen molar-refractivity contribution < 1.29 is 9.53 Å². The fourth-order valence-corrected chi connectivity index (χ4v) is 3.42. The van der Waals surface area contributed by atoms with Crippen molar-refractivity contribution in [1.29, 1.82) is 0 Å². The molecule has 1 aliphatic rings. The van der Waals surface area contributed by atoms with Crippen molar-refractivity contribution in [3.8, 4) is 0 Å². The maximum atomic E-state index is 12.7. The Hall–Kier alpha value is -1.70. The number of carbonyl (C=O) groups excluding carboxylic acids is 1. The van der Waals surface area contributed by atoms with Gasteiger partial charge in [-0.25, -0.2) is 4.98 Å². The first kappa shape index (κ1) is 17.1. The summed E-state index contributed by atoms with van der Waals surface area (Å²) >= 11 is 1.55. The van der Waals surface area contributed by atoms with Crippen LogP contribution in [0, 0.1) is 0 Å². The van der Waals surface area contributed by atoms with Crippen LogP contribution in [0.3, 0.4) is 0 Å². The monoisotopic (exact) mass is 348 g/mol. The average molecular weight is 348 g/mol. The van der Waals surface area contributed by atoms with Crippen LogP contribution in [0.4, 0.5) is 0 Å². The van der Waals surface area contributed by atoms with Gasteiger partial charge >= 0.3 is 0 Å². The standard InChI is InChI=1S/C17H24N4O2S/c1-19(2)7-8-23-11-15-16-10-20(5-3-6-21(16)13-18-15)17(22)14-4-9-24-12-14/h4,9,12-13H,3,5-8,10-11H2,1-2H3. The summed E-state index contributed by atoms with van der Waals surface area (Å²) in [7, 11) is 4.06. The van der Waals surface area contributed by atoms with Crippen molar-refractivity contribution in [2.75, 3.05) is 33.8 Å². The maximum absolute atomic E-state index is 12.7. The first-order chi connectivity index (χ1) is 11.6. The van der Waals surface area contributed by atoms with Gasteiger partial charge in [0.25, 0.3) is 5.91 Å². The van der Waals surface area contributed by atoms with Crippen molar-refractivity contribution in [3.05, 3.63) is 40.1 Å². The smallest absolute Gasteiger partial charge is 0.255 e. The molecule has 0 N–H and O–H groups in total. The van der Waals surface area contributed by atoms with Gasteiger partial charge in [-0.3, -0.25) is 4.79 Å². The summed E-state index contributed by atoms with van der Waals surface area (Å²) in [5, 5.41) is 3.86. The molecule has 2 aromatic rings. The first-order valence-corrected chi connectivity index (χ1v) is 9.16. The van der Waals surface area contributed by atoms with Crippen LogP contribution >= 0.6 is 11.3 Å². The molecule has 0 unspecified atom stereocenters. The number of thiophene rings is 1. The van der Waals surface area contributed by atoms with Gasteiger partial charge in [-0.05, 0) is 32.0 Å².